The van der Waals surface area contributed by atoms with Gasteiger partial charge >= 0.3 is 6.18 Å². The zero-order chi connectivity index (χ0) is 18.5. The first-order valence-corrected chi connectivity index (χ1v) is 9.13. The van der Waals surface area contributed by atoms with E-state index in [1.54, 1.807) is 6.07 Å². The fraction of sp³-hybridized carbons (Fsp3) is 0.333. The van der Waals surface area contributed by atoms with Gasteiger partial charge in [0.15, 0.2) is 0 Å². The van der Waals surface area contributed by atoms with Gasteiger partial charge in [-0.2, -0.15) is 13.2 Å². The number of benzene rings is 1. The molecule has 0 saturated heterocycles. The molecule has 0 spiro atoms. The van der Waals surface area contributed by atoms with Crippen molar-refractivity contribution in [3.63, 3.8) is 0 Å². The number of nitrogens with zero attached hydrogens (tertiary/aromatic N) is 2. The molecule has 4 rings (SSSR count). The Kier molecular flexibility index (Phi) is 4.17. The highest BCUT2D eigenvalue weighted by atomic mass is 32.2. The molecular weight excluding hydrogens is 366 g/mol. The Hall–Kier alpha value is -2.09. The molecule has 1 saturated carbocycles. The molecule has 2 aliphatic heterocycles. The molecule has 1 aliphatic carbocycles. The number of nitrogens with one attached hydrogen (secondary N) is 1. The van der Waals surface area contributed by atoms with Gasteiger partial charge in [-0.05, 0) is 37.0 Å². The van der Waals surface area contributed by atoms with Gasteiger partial charge in [0.2, 0.25) is 0 Å². The largest absolute Gasteiger partial charge is 0.433 e. The number of aliphatic imine (C=N–C) groups is 2. The lowest BCUT2D eigenvalue weighted by molar-refractivity contribution is -0.0580. The average molecular weight is 381 g/mol. The summed E-state index contributed by atoms with van der Waals surface area (Å²) in [5.41, 5.74) is 0.677. The van der Waals surface area contributed by atoms with Crippen LogP contribution >= 0.6 is 11.8 Å². The maximum Gasteiger partial charge on any atom is 0.433 e. The topological polar surface area (TPSA) is 36.8 Å². The van der Waals surface area contributed by atoms with Crippen LogP contribution in [-0.4, -0.2) is 28.9 Å². The molecule has 3 aliphatic rings. The third-order valence-corrected chi connectivity index (χ3v) is 5.47. The first kappa shape index (κ1) is 17.3. The standard InChI is InChI=1S/C18H15F4N3S/c1-9(10-2-3-10)23-16-8-26-17(25-16)11-4-5-12(13(19)6-11)14-7-15(24-14)18(20,21)22/h4-7,10,16,23H,1-3,8H2/t16-/m0/s1. The molecule has 0 aromatic heterocycles. The molecule has 2 heterocycles. The second-order valence-corrected chi connectivity index (χ2v) is 7.43. The van der Waals surface area contributed by atoms with E-state index in [4.69, 9.17) is 0 Å². The minimum absolute atomic E-state index is 0.00247. The molecule has 8 heteroatoms. The number of allylic oxidation sites excluding steroid dienone is 2. The summed E-state index contributed by atoms with van der Waals surface area (Å²) in [7, 11) is 0. The Labute approximate surface area is 152 Å². The Balaban J connectivity index is 1.46. The SMILES string of the molecule is C=C(N[C@@H]1CSC(c2ccc(C3=CC(C(F)(F)F)=N3)c(F)c2)=N1)C1CC1. The van der Waals surface area contributed by atoms with E-state index in [1.165, 1.54) is 23.9 Å². The van der Waals surface area contributed by atoms with Crippen molar-refractivity contribution in [1.82, 2.24) is 5.32 Å². The minimum atomic E-state index is -4.50. The van der Waals surface area contributed by atoms with Crippen molar-refractivity contribution < 1.29 is 17.6 Å². The molecule has 1 N–H and O–H groups in total. The number of halogens is 4. The maximum absolute atomic E-state index is 14.3. The highest BCUT2D eigenvalue weighted by Crippen LogP contribution is 2.36. The van der Waals surface area contributed by atoms with Crippen molar-refractivity contribution in [3.8, 4) is 0 Å². The Bertz CT molecular complexity index is 866. The molecule has 1 aromatic rings. The van der Waals surface area contributed by atoms with Gasteiger partial charge in [-0.1, -0.05) is 12.6 Å². The van der Waals surface area contributed by atoms with Crippen LogP contribution in [0.5, 0.6) is 0 Å². The second kappa shape index (κ2) is 6.26. The van der Waals surface area contributed by atoms with Crippen molar-refractivity contribution in [1.29, 1.82) is 0 Å². The number of rotatable bonds is 5. The summed E-state index contributed by atoms with van der Waals surface area (Å²) >= 11 is 1.51. The highest BCUT2D eigenvalue weighted by molar-refractivity contribution is 8.14. The summed E-state index contributed by atoms with van der Waals surface area (Å²) in [6, 6.07) is 4.39. The molecule has 0 unspecified atom stereocenters. The van der Waals surface area contributed by atoms with Gasteiger partial charge in [0.25, 0.3) is 0 Å². The van der Waals surface area contributed by atoms with Crippen LogP contribution in [0.1, 0.15) is 24.0 Å². The van der Waals surface area contributed by atoms with Crippen LogP contribution in [-0.2, 0) is 0 Å². The molecule has 1 atom stereocenters. The predicted molar refractivity (Wildman–Crippen MR) is 95.6 cm³/mol. The summed E-state index contributed by atoms with van der Waals surface area (Å²) < 4.78 is 51.7. The Morgan fingerprint density at radius 2 is 2.00 bits per heavy atom. The van der Waals surface area contributed by atoms with Crippen molar-refractivity contribution >= 4 is 28.2 Å². The summed E-state index contributed by atoms with van der Waals surface area (Å²) in [5, 5.41) is 4.00. The second-order valence-electron chi connectivity index (χ2n) is 6.42. The maximum atomic E-state index is 14.3. The van der Waals surface area contributed by atoms with Gasteiger partial charge in [0, 0.05) is 22.6 Å². The van der Waals surface area contributed by atoms with Crippen molar-refractivity contribution in [2.75, 3.05) is 5.75 Å². The molecule has 1 fully saturated rings. The summed E-state index contributed by atoms with van der Waals surface area (Å²) in [5.74, 6) is 0.657. The van der Waals surface area contributed by atoms with Gasteiger partial charge < -0.3 is 5.32 Å². The number of alkyl halides is 3. The van der Waals surface area contributed by atoms with E-state index in [1.807, 2.05) is 0 Å². The third-order valence-electron chi connectivity index (χ3n) is 4.37. The lowest BCUT2D eigenvalue weighted by atomic mass is 10.0. The van der Waals surface area contributed by atoms with E-state index >= 15 is 0 Å². The Morgan fingerprint density at radius 3 is 2.62 bits per heavy atom. The lowest BCUT2D eigenvalue weighted by Gasteiger charge is -2.17. The van der Waals surface area contributed by atoms with Gasteiger partial charge in [0.05, 0.1) is 5.70 Å². The monoisotopic (exact) mass is 381 g/mol. The summed E-state index contributed by atoms with van der Waals surface area (Å²) in [6.45, 7) is 4.01. The molecular formula is C18H15F4N3S. The number of hydrogen-bond donors (Lipinski definition) is 1. The summed E-state index contributed by atoms with van der Waals surface area (Å²) in [4.78, 5) is 7.93. The average Bonchev–Trinajstić information content (AvgIpc) is 3.26. The van der Waals surface area contributed by atoms with Gasteiger partial charge in [-0.25, -0.2) is 9.38 Å². The van der Waals surface area contributed by atoms with E-state index in [9.17, 15) is 17.6 Å². The Morgan fingerprint density at radius 1 is 1.27 bits per heavy atom. The van der Waals surface area contributed by atoms with E-state index in [2.05, 4.69) is 21.9 Å². The van der Waals surface area contributed by atoms with Crippen molar-refractivity contribution in [2.45, 2.75) is 25.2 Å². The van der Waals surface area contributed by atoms with Gasteiger partial charge in [-0.3, -0.25) is 4.99 Å². The minimum Gasteiger partial charge on any atom is -0.367 e. The van der Waals surface area contributed by atoms with Crippen LogP contribution in [0.3, 0.4) is 0 Å². The van der Waals surface area contributed by atoms with Crippen LogP contribution < -0.4 is 5.32 Å². The number of thioether (sulfide) groups is 1. The third kappa shape index (κ3) is 3.42. The molecule has 136 valence electrons. The van der Waals surface area contributed by atoms with Crippen LogP contribution in [0.15, 0.2) is 46.5 Å². The van der Waals surface area contributed by atoms with E-state index in [0.29, 0.717) is 16.5 Å². The zero-order valence-electron chi connectivity index (χ0n) is 13.6. The molecule has 0 bridgehead atoms. The summed E-state index contributed by atoms with van der Waals surface area (Å²) in [6.07, 6.45) is -1.42. The fourth-order valence-electron chi connectivity index (χ4n) is 2.77. The first-order chi connectivity index (χ1) is 12.3. The van der Waals surface area contributed by atoms with E-state index < -0.39 is 17.7 Å². The molecule has 0 radical (unpaired) electrons. The van der Waals surface area contributed by atoms with Crippen molar-refractivity contribution in [3.05, 3.63) is 53.5 Å². The van der Waals surface area contributed by atoms with Crippen LogP contribution in [0.25, 0.3) is 5.70 Å². The fourth-order valence-corrected chi connectivity index (χ4v) is 3.74. The highest BCUT2D eigenvalue weighted by Gasteiger charge is 2.38. The quantitative estimate of drug-likeness (QED) is 0.762. The van der Waals surface area contributed by atoms with Crippen LogP contribution in [0, 0.1) is 11.7 Å². The van der Waals surface area contributed by atoms with Gasteiger partial charge in [-0.15, -0.1) is 11.8 Å². The first-order valence-electron chi connectivity index (χ1n) is 8.15. The molecule has 26 heavy (non-hydrogen) atoms. The zero-order valence-corrected chi connectivity index (χ0v) is 14.4. The smallest absolute Gasteiger partial charge is 0.367 e. The molecule has 0 amide bonds. The van der Waals surface area contributed by atoms with Gasteiger partial charge in [0.1, 0.15) is 22.7 Å². The van der Waals surface area contributed by atoms with Crippen LogP contribution in [0.4, 0.5) is 17.6 Å². The van der Waals surface area contributed by atoms with E-state index in [-0.39, 0.29) is 17.4 Å². The molecule has 1 aromatic carbocycles. The van der Waals surface area contributed by atoms with E-state index in [0.717, 1.165) is 30.4 Å². The molecule has 3 nitrogen and oxygen atoms in total. The van der Waals surface area contributed by atoms with Crippen molar-refractivity contribution in [2.24, 2.45) is 15.9 Å². The van der Waals surface area contributed by atoms with Crippen LogP contribution in [0.2, 0.25) is 0 Å². The normalized spacial score (nSPS) is 22.3. The number of hydrogen-bond acceptors (Lipinski definition) is 4. The lowest BCUT2D eigenvalue weighted by Crippen LogP contribution is -2.27. The predicted octanol–water partition coefficient (Wildman–Crippen LogP) is 4.52.